The molecule has 4 aromatic rings. The molecule has 0 aliphatic heterocycles. The molecule has 2 heterocycles. The monoisotopic (exact) mass is 464 g/mol. The summed E-state index contributed by atoms with van der Waals surface area (Å²) in [4.78, 5) is 30.2. The van der Waals surface area contributed by atoms with Crippen LogP contribution in [0.2, 0.25) is 0 Å². The van der Waals surface area contributed by atoms with Gasteiger partial charge in [-0.1, -0.05) is 6.07 Å². The predicted octanol–water partition coefficient (Wildman–Crippen LogP) is 3.99. The summed E-state index contributed by atoms with van der Waals surface area (Å²) in [5, 5.41) is 3.24. The van der Waals surface area contributed by atoms with E-state index in [9.17, 15) is 14.0 Å². The lowest BCUT2D eigenvalue weighted by atomic mass is 10.2. The minimum atomic E-state index is -0.370. The molecule has 2 aromatic carbocycles. The molecule has 0 unspecified atom stereocenters. The normalized spacial score (nSPS) is 11.0. The van der Waals surface area contributed by atoms with E-state index in [0.29, 0.717) is 33.9 Å². The number of nitrogens with zero attached hydrogens (tertiary/aromatic N) is 3. The standard InChI is InChI=1S/C25H25FN4O4/c1-15-16(2)30(19-7-5-6-17(26)12-19)24-23(15)25(32)29(14-27-24)11-10-22(31)28-18-8-9-20(33-3)21(13-18)34-4/h5-9,12-14H,10-11H2,1-4H3,(H,28,31). The Morgan fingerprint density at radius 2 is 1.85 bits per heavy atom. The first kappa shape index (κ1) is 23.0. The highest BCUT2D eigenvalue weighted by molar-refractivity contribution is 5.91. The second-order valence-electron chi connectivity index (χ2n) is 7.84. The van der Waals surface area contributed by atoms with E-state index in [2.05, 4.69) is 10.3 Å². The predicted molar refractivity (Wildman–Crippen MR) is 128 cm³/mol. The number of methoxy groups -OCH3 is 2. The summed E-state index contributed by atoms with van der Waals surface area (Å²) >= 11 is 0. The molecule has 4 rings (SSSR count). The van der Waals surface area contributed by atoms with Crippen LogP contribution in [0.25, 0.3) is 16.7 Å². The summed E-state index contributed by atoms with van der Waals surface area (Å²) < 4.78 is 27.4. The number of carbonyl (C=O) groups is 1. The molecule has 2 aromatic heterocycles. The molecule has 0 saturated heterocycles. The molecule has 8 nitrogen and oxygen atoms in total. The third-order valence-electron chi connectivity index (χ3n) is 5.80. The Kier molecular flexibility index (Phi) is 6.36. The summed E-state index contributed by atoms with van der Waals surface area (Å²) in [5.74, 6) is 0.428. The van der Waals surface area contributed by atoms with Crippen molar-refractivity contribution in [1.82, 2.24) is 14.1 Å². The average Bonchev–Trinajstić information content (AvgIpc) is 3.09. The van der Waals surface area contributed by atoms with Gasteiger partial charge in [0.25, 0.3) is 5.56 Å². The van der Waals surface area contributed by atoms with Crippen molar-refractivity contribution in [2.24, 2.45) is 0 Å². The van der Waals surface area contributed by atoms with Crippen LogP contribution in [-0.2, 0) is 11.3 Å². The van der Waals surface area contributed by atoms with Crippen LogP contribution in [0.5, 0.6) is 11.5 Å². The Morgan fingerprint density at radius 3 is 2.56 bits per heavy atom. The van der Waals surface area contributed by atoms with Gasteiger partial charge >= 0.3 is 0 Å². The van der Waals surface area contributed by atoms with E-state index >= 15 is 0 Å². The van der Waals surface area contributed by atoms with Gasteiger partial charge in [0.05, 0.1) is 31.6 Å². The number of nitrogens with one attached hydrogen (secondary N) is 1. The van der Waals surface area contributed by atoms with Crippen LogP contribution in [0, 0.1) is 19.7 Å². The van der Waals surface area contributed by atoms with Crippen LogP contribution in [0.1, 0.15) is 17.7 Å². The maximum absolute atomic E-state index is 13.8. The van der Waals surface area contributed by atoms with Crippen molar-refractivity contribution in [2.75, 3.05) is 19.5 Å². The first-order chi connectivity index (χ1) is 16.3. The fourth-order valence-electron chi connectivity index (χ4n) is 3.94. The fourth-order valence-corrected chi connectivity index (χ4v) is 3.94. The quantitative estimate of drug-likeness (QED) is 0.447. The molecule has 0 atom stereocenters. The molecule has 1 amide bonds. The van der Waals surface area contributed by atoms with Crippen molar-refractivity contribution in [1.29, 1.82) is 0 Å². The number of benzene rings is 2. The third kappa shape index (κ3) is 4.24. The number of halogens is 1. The highest BCUT2D eigenvalue weighted by Gasteiger charge is 2.18. The molecule has 0 fully saturated rings. The van der Waals surface area contributed by atoms with Crippen molar-refractivity contribution in [3.8, 4) is 17.2 Å². The Balaban J connectivity index is 1.57. The summed E-state index contributed by atoms with van der Waals surface area (Å²) in [6.07, 6.45) is 1.49. The smallest absolute Gasteiger partial charge is 0.263 e. The zero-order chi connectivity index (χ0) is 24.4. The average molecular weight is 464 g/mol. The second-order valence-corrected chi connectivity index (χ2v) is 7.84. The van der Waals surface area contributed by atoms with Gasteiger partial charge in [0, 0.05) is 30.4 Å². The van der Waals surface area contributed by atoms with Gasteiger partial charge in [-0.15, -0.1) is 0 Å². The molecular formula is C25H25FN4O4. The van der Waals surface area contributed by atoms with Crippen LogP contribution in [0.4, 0.5) is 10.1 Å². The van der Waals surface area contributed by atoms with Gasteiger partial charge in [-0.05, 0) is 49.7 Å². The first-order valence-electron chi connectivity index (χ1n) is 10.7. The number of amides is 1. The largest absolute Gasteiger partial charge is 0.493 e. The number of carbonyl (C=O) groups excluding carboxylic acids is 1. The molecule has 176 valence electrons. The number of fused-ring (bicyclic) bond motifs is 1. The highest BCUT2D eigenvalue weighted by atomic mass is 19.1. The SMILES string of the molecule is COc1ccc(NC(=O)CCn2cnc3c(c(C)c(C)n3-c3cccc(F)c3)c2=O)cc1OC. The fraction of sp³-hybridized carbons (Fsp3) is 0.240. The molecule has 0 aliphatic carbocycles. The van der Waals surface area contributed by atoms with Gasteiger partial charge in [-0.3, -0.25) is 18.7 Å². The van der Waals surface area contributed by atoms with Crippen molar-refractivity contribution in [2.45, 2.75) is 26.8 Å². The number of anilines is 1. The van der Waals surface area contributed by atoms with E-state index in [1.807, 2.05) is 13.8 Å². The number of ether oxygens (including phenoxy) is 2. The number of aryl methyl sites for hydroxylation is 2. The van der Waals surface area contributed by atoms with E-state index < -0.39 is 0 Å². The number of aromatic nitrogens is 3. The van der Waals surface area contributed by atoms with Crippen LogP contribution >= 0.6 is 0 Å². The zero-order valence-electron chi connectivity index (χ0n) is 19.4. The van der Waals surface area contributed by atoms with Crippen molar-refractivity contribution < 1.29 is 18.7 Å². The second kappa shape index (κ2) is 9.38. The van der Waals surface area contributed by atoms with Crippen molar-refractivity contribution in [3.63, 3.8) is 0 Å². The molecule has 0 saturated carbocycles. The molecule has 0 radical (unpaired) electrons. The first-order valence-corrected chi connectivity index (χ1v) is 10.7. The third-order valence-corrected chi connectivity index (χ3v) is 5.80. The Bertz CT molecular complexity index is 1440. The molecule has 0 spiro atoms. The van der Waals surface area contributed by atoms with Crippen LogP contribution in [0.15, 0.2) is 53.6 Å². The Labute approximate surface area is 195 Å². The zero-order valence-corrected chi connectivity index (χ0v) is 19.4. The van der Waals surface area contributed by atoms with E-state index in [1.165, 1.54) is 37.2 Å². The summed E-state index contributed by atoms with van der Waals surface area (Å²) in [7, 11) is 3.05. The van der Waals surface area contributed by atoms with Crippen LogP contribution < -0.4 is 20.3 Å². The molecule has 34 heavy (non-hydrogen) atoms. The molecule has 1 N–H and O–H groups in total. The molecule has 0 aliphatic rings. The Hall–Kier alpha value is -4.14. The lowest BCUT2D eigenvalue weighted by Crippen LogP contribution is -2.24. The van der Waals surface area contributed by atoms with Crippen molar-refractivity contribution in [3.05, 3.63) is 76.2 Å². The minimum absolute atomic E-state index is 0.0735. The molecular weight excluding hydrogens is 439 g/mol. The van der Waals surface area contributed by atoms with E-state index in [1.54, 1.807) is 34.9 Å². The van der Waals surface area contributed by atoms with Gasteiger partial charge in [0.1, 0.15) is 5.82 Å². The topological polar surface area (TPSA) is 87.4 Å². The highest BCUT2D eigenvalue weighted by Crippen LogP contribution is 2.30. The van der Waals surface area contributed by atoms with E-state index in [-0.39, 0.29) is 30.2 Å². The number of hydrogen-bond acceptors (Lipinski definition) is 5. The van der Waals surface area contributed by atoms with E-state index in [0.717, 1.165) is 11.3 Å². The summed E-state index contributed by atoms with van der Waals surface area (Å²) in [5.41, 5.74) is 2.92. The van der Waals surface area contributed by atoms with Crippen LogP contribution in [-0.4, -0.2) is 34.2 Å². The van der Waals surface area contributed by atoms with Gasteiger partial charge in [-0.2, -0.15) is 0 Å². The van der Waals surface area contributed by atoms with Gasteiger partial charge in [0.15, 0.2) is 17.1 Å². The maximum Gasteiger partial charge on any atom is 0.263 e. The molecule has 9 heteroatoms. The maximum atomic E-state index is 13.8. The van der Waals surface area contributed by atoms with Crippen molar-refractivity contribution >= 4 is 22.6 Å². The lowest BCUT2D eigenvalue weighted by Gasteiger charge is -2.11. The number of rotatable bonds is 7. The summed E-state index contributed by atoms with van der Waals surface area (Å²) in [6.45, 7) is 3.86. The minimum Gasteiger partial charge on any atom is -0.493 e. The Morgan fingerprint density at radius 1 is 1.09 bits per heavy atom. The van der Waals surface area contributed by atoms with Gasteiger partial charge in [-0.25, -0.2) is 9.37 Å². The lowest BCUT2D eigenvalue weighted by molar-refractivity contribution is -0.116. The van der Waals surface area contributed by atoms with Gasteiger partial charge in [0.2, 0.25) is 5.91 Å². The summed E-state index contributed by atoms with van der Waals surface area (Å²) in [6, 6.07) is 11.2. The number of hydrogen-bond donors (Lipinski definition) is 1. The molecule has 0 bridgehead atoms. The van der Waals surface area contributed by atoms with Gasteiger partial charge < -0.3 is 14.8 Å². The van der Waals surface area contributed by atoms with E-state index in [4.69, 9.17) is 9.47 Å². The van der Waals surface area contributed by atoms with Crippen LogP contribution in [0.3, 0.4) is 0 Å².